The largest absolute Gasteiger partial charge is 0.396 e. The van der Waals surface area contributed by atoms with Crippen LogP contribution in [-0.2, 0) is 4.79 Å². The van der Waals surface area contributed by atoms with E-state index >= 15 is 0 Å². The van der Waals surface area contributed by atoms with Gasteiger partial charge in [0, 0.05) is 12.1 Å². The van der Waals surface area contributed by atoms with Gasteiger partial charge in [0.2, 0.25) is 5.91 Å². The number of pyridine rings is 1. The van der Waals surface area contributed by atoms with Crippen LogP contribution in [-0.4, -0.2) is 10.9 Å². The number of rotatable bonds is 2. The second kappa shape index (κ2) is 5.81. The van der Waals surface area contributed by atoms with Gasteiger partial charge < -0.3 is 11.1 Å². The van der Waals surface area contributed by atoms with Crippen molar-refractivity contribution in [2.45, 2.75) is 44.9 Å². The number of fused-ring (bicyclic) bond motifs is 1. The standard InChI is InChI=1S/C16H23N3O/c17-14-6-3-9-18-15(14)19-16(20)13-8-7-11-4-1-2-5-12(11)10-13/h3,6,9,11-13H,1-2,4-5,7-8,10,17H2,(H,18,19,20). The van der Waals surface area contributed by atoms with Crippen molar-refractivity contribution in [3.05, 3.63) is 18.3 Å². The first kappa shape index (κ1) is 13.4. The third-order valence-electron chi connectivity index (χ3n) is 4.99. The Morgan fingerprint density at radius 1 is 1.20 bits per heavy atom. The summed E-state index contributed by atoms with van der Waals surface area (Å²) in [4.78, 5) is 16.5. The first-order chi connectivity index (χ1) is 9.74. The molecule has 3 atom stereocenters. The molecule has 0 bridgehead atoms. The number of hydrogen-bond acceptors (Lipinski definition) is 3. The van der Waals surface area contributed by atoms with Crippen molar-refractivity contribution in [2.75, 3.05) is 11.1 Å². The van der Waals surface area contributed by atoms with Crippen LogP contribution in [0.2, 0.25) is 0 Å². The summed E-state index contributed by atoms with van der Waals surface area (Å²) in [6.45, 7) is 0. The minimum atomic E-state index is 0.0967. The molecule has 0 radical (unpaired) electrons. The third kappa shape index (κ3) is 2.79. The highest BCUT2D eigenvalue weighted by molar-refractivity contribution is 5.94. The number of anilines is 2. The minimum Gasteiger partial charge on any atom is -0.396 e. The highest BCUT2D eigenvalue weighted by Gasteiger charge is 2.35. The van der Waals surface area contributed by atoms with Gasteiger partial charge in [-0.3, -0.25) is 4.79 Å². The number of carbonyl (C=O) groups is 1. The fraction of sp³-hybridized carbons (Fsp3) is 0.625. The summed E-state index contributed by atoms with van der Waals surface area (Å²) < 4.78 is 0. The number of amides is 1. The van der Waals surface area contributed by atoms with Crippen LogP contribution in [0.1, 0.15) is 44.9 Å². The number of hydrogen-bond donors (Lipinski definition) is 2. The molecular weight excluding hydrogens is 250 g/mol. The number of nitrogens with one attached hydrogen (secondary N) is 1. The number of aromatic nitrogens is 1. The van der Waals surface area contributed by atoms with E-state index in [1.165, 1.54) is 32.1 Å². The van der Waals surface area contributed by atoms with Gasteiger partial charge in [0.05, 0.1) is 5.69 Å². The van der Waals surface area contributed by atoms with Crippen molar-refractivity contribution < 1.29 is 4.79 Å². The Bertz CT molecular complexity index is 488. The monoisotopic (exact) mass is 273 g/mol. The Hall–Kier alpha value is -1.58. The molecule has 0 spiro atoms. The van der Waals surface area contributed by atoms with E-state index in [1.807, 2.05) is 0 Å². The number of carbonyl (C=O) groups excluding carboxylic acids is 1. The average molecular weight is 273 g/mol. The molecule has 4 nitrogen and oxygen atoms in total. The van der Waals surface area contributed by atoms with E-state index in [2.05, 4.69) is 10.3 Å². The van der Waals surface area contributed by atoms with Gasteiger partial charge >= 0.3 is 0 Å². The Labute approximate surface area is 120 Å². The molecule has 4 heteroatoms. The molecule has 2 aliphatic carbocycles. The molecule has 108 valence electrons. The summed E-state index contributed by atoms with van der Waals surface area (Å²) >= 11 is 0. The molecule has 2 fully saturated rings. The van der Waals surface area contributed by atoms with Gasteiger partial charge in [-0.15, -0.1) is 0 Å². The maximum absolute atomic E-state index is 12.4. The number of nitrogens with zero attached hydrogens (tertiary/aromatic N) is 1. The van der Waals surface area contributed by atoms with E-state index in [-0.39, 0.29) is 11.8 Å². The van der Waals surface area contributed by atoms with E-state index in [4.69, 9.17) is 5.73 Å². The molecule has 1 heterocycles. The maximum atomic E-state index is 12.4. The summed E-state index contributed by atoms with van der Waals surface area (Å²) in [7, 11) is 0. The summed E-state index contributed by atoms with van der Waals surface area (Å²) in [5.41, 5.74) is 6.36. The van der Waals surface area contributed by atoms with Crippen LogP contribution >= 0.6 is 0 Å². The molecule has 0 saturated heterocycles. The Balaban J connectivity index is 1.62. The quantitative estimate of drug-likeness (QED) is 0.869. The topological polar surface area (TPSA) is 68.0 Å². The smallest absolute Gasteiger partial charge is 0.228 e. The van der Waals surface area contributed by atoms with Crippen LogP contribution in [0.5, 0.6) is 0 Å². The Morgan fingerprint density at radius 3 is 2.80 bits per heavy atom. The third-order valence-corrected chi connectivity index (χ3v) is 4.99. The predicted octanol–water partition coefficient (Wildman–Crippen LogP) is 3.21. The molecule has 0 aromatic carbocycles. The van der Waals surface area contributed by atoms with Gasteiger partial charge in [-0.2, -0.15) is 0 Å². The van der Waals surface area contributed by atoms with Gasteiger partial charge in [0.1, 0.15) is 0 Å². The van der Waals surface area contributed by atoms with Crippen LogP contribution in [0.15, 0.2) is 18.3 Å². The second-order valence-corrected chi connectivity index (χ2v) is 6.25. The molecule has 0 aliphatic heterocycles. The first-order valence-electron chi connectivity index (χ1n) is 7.75. The van der Waals surface area contributed by atoms with Crippen LogP contribution in [0.4, 0.5) is 11.5 Å². The van der Waals surface area contributed by atoms with E-state index in [0.717, 1.165) is 24.7 Å². The normalized spacial score (nSPS) is 29.5. The molecule has 2 saturated carbocycles. The lowest BCUT2D eigenvalue weighted by Crippen LogP contribution is -2.34. The summed E-state index contributed by atoms with van der Waals surface area (Å²) in [5.74, 6) is 2.36. The van der Waals surface area contributed by atoms with Crippen LogP contribution in [0.3, 0.4) is 0 Å². The van der Waals surface area contributed by atoms with Gasteiger partial charge in [-0.05, 0) is 43.2 Å². The maximum Gasteiger partial charge on any atom is 0.228 e. The van der Waals surface area contributed by atoms with Crippen LogP contribution in [0.25, 0.3) is 0 Å². The van der Waals surface area contributed by atoms with E-state index in [9.17, 15) is 4.79 Å². The summed E-state index contributed by atoms with van der Waals surface area (Å²) in [6, 6.07) is 3.54. The van der Waals surface area contributed by atoms with E-state index in [1.54, 1.807) is 18.3 Å². The Kier molecular flexibility index (Phi) is 3.90. The first-order valence-corrected chi connectivity index (χ1v) is 7.75. The lowest BCUT2D eigenvalue weighted by Gasteiger charge is -2.38. The van der Waals surface area contributed by atoms with Crippen molar-refractivity contribution in [3.8, 4) is 0 Å². The highest BCUT2D eigenvalue weighted by Crippen LogP contribution is 2.42. The molecule has 3 rings (SSSR count). The van der Waals surface area contributed by atoms with E-state index in [0.29, 0.717) is 11.5 Å². The Morgan fingerprint density at radius 2 is 2.00 bits per heavy atom. The SMILES string of the molecule is Nc1cccnc1NC(=O)C1CCC2CCCCC2C1. The summed E-state index contributed by atoms with van der Waals surface area (Å²) in [5, 5.41) is 2.90. The zero-order chi connectivity index (χ0) is 13.9. The average Bonchev–Trinajstić information content (AvgIpc) is 2.49. The fourth-order valence-electron chi connectivity index (χ4n) is 3.85. The molecule has 2 aliphatic rings. The molecule has 1 aromatic rings. The van der Waals surface area contributed by atoms with Gasteiger partial charge in [-0.25, -0.2) is 4.98 Å². The molecule has 1 aromatic heterocycles. The minimum absolute atomic E-state index is 0.0967. The van der Waals surface area contributed by atoms with Crippen molar-refractivity contribution in [3.63, 3.8) is 0 Å². The second-order valence-electron chi connectivity index (χ2n) is 6.25. The molecule has 3 unspecified atom stereocenters. The molecular formula is C16H23N3O. The van der Waals surface area contributed by atoms with E-state index < -0.39 is 0 Å². The fourth-order valence-corrected chi connectivity index (χ4v) is 3.85. The van der Waals surface area contributed by atoms with Crippen LogP contribution in [0, 0.1) is 17.8 Å². The van der Waals surface area contributed by atoms with Crippen LogP contribution < -0.4 is 11.1 Å². The lowest BCUT2D eigenvalue weighted by atomic mass is 9.67. The number of nitrogen functional groups attached to an aromatic ring is 1. The van der Waals surface area contributed by atoms with Gasteiger partial charge in [0.25, 0.3) is 0 Å². The van der Waals surface area contributed by atoms with Gasteiger partial charge in [-0.1, -0.05) is 25.7 Å². The molecule has 3 N–H and O–H groups in total. The van der Waals surface area contributed by atoms with Gasteiger partial charge in [0.15, 0.2) is 5.82 Å². The van der Waals surface area contributed by atoms with Crippen molar-refractivity contribution >= 4 is 17.4 Å². The lowest BCUT2D eigenvalue weighted by molar-refractivity contribution is -0.122. The zero-order valence-corrected chi connectivity index (χ0v) is 11.8. The highest BCUT2D eigenvalue weighted by atomic mass is 16.1. The van der Waals surface area contributed by atoms with Crippen molar-refractivity contribution in [1.29, 1.82) is 0 Å². The summed E-state index contributed by atoms with van der Waals surface area (Å²) in [6.07, 6.45) is 10.3. The molecule has 1 amide bonds. The molecule has 20 heavy (non-hydrogen) atoms. The van der Waals surface area contributed by atoms with Crippen molar-refractivity contribution in [1.82, 2.24) is 4.98 Å². The number of nitrogens with two attached hydrogens (primary N) is 1. The van der Waals surface area contributed by atoms with Crippen molar-refractivity contribution in [2.24, 2.45) is 17.8 Å². The predicted molar refractivity (Wildman–Crippen MR) is 80.1 cm³/mol. The zero-order valence-electron chi connectivity index (χ0n) is 11.8.